The maximum absolute atomic E-state index is 12.7. The number of nitrogens with zero attached hydrogens (tertiary/aromatic N) is 4. The van der Waals surface area contributed by atoms with E-state index in [0.29, 0.717) is 29.4 Å². The van der Waals surface area contributed by atoms with E-state index in [1.807, 2.05) is 36.1 Å². The fourth-order valence-electron chi connectivity index (χ4n) is 3.70. The molecule has 0 bridgehead atoms. The van der Waals surface area contributed by atoms with Crippen LogP contribution in [-0.2, 0) is 10.5 Å². The number of benzene rings is 1. The van der Waals surface area contributed by atoms with Gasteiger partial charge < -0.3 is 19.6 Å². The zero-order chi connectivity index (χ0) is 23.0. The lowest BCUT2D eigenvalue weighted by Crippen LogP contribution is -2.49. The van der Waals surface area contributed by atoms with Crippen molar-refractivity contribution in [3.8, 4) is 0 Å². The molecule has 0 saturated carbocycles. The van der Waals surface area contributed by atoms with E-state index in [-0.39, 0.29) is 24.8 Å². The summed E-state index contributed by atoms with van der Waals surface area (Å²) < 4.78 is 5.08. The van der Waals surface area contributed by atoms with Crippen LogP contribution in [0.15, 0.2) is 64.3 Å². The van der Waals surface area contributed by atoms with E-state index < -0.39 is 0 Å². The minimum atomic E-state index is -0.233. The summed E-state index contributed by atoms with van der Waals surface area (Å²) in [5.41, 5.74) is 2.47. The molecule has 1 aliphatic rings. The van der Waals surface area contributed by atoms with Gasteiger partial charge in [-0.15, -0.1) is 0 Å². The second-order valence-corrected chi connectivity index (χ2v) is 8.75. The molecule has 0 aliphatic carbocycles. The zero-order valence-corrected chi connectivity index (χ0v) is 19.4. The summed E-state index contributed by atoms with van der Waals surface area (Å²) in [5, 5.41) is 7.46. The Morgan fingerprint density at radius 3 is 2.61 bits per heavy atom. The molecule has 4 rings (SSSR count). The molecule has 33 heavy (non-hydrogen) atoms. The molecule has 3 heterocycles. The molecule has 1 aromatic carbocycles. The van der Waals surface area contributed by atoms with Gasteiger partial charge in [0.1, 0.15) is 10.8 Å². The van der Waals surface area contributed by atoms with Crippen molar-refractivity contribution in [1.82, 2.24) is 20.4 Å². The van der Waals surface area contributed by atoms with Gasteiger partial charge in [-0.05, 0) is 31.2 Å². The van der Waals surface area contributed by atoms with Crippen molar-refractivity contribution in [2.24, 2.45) is 0 Å². The van der Waals surface area contributed by atoms with E-state index in [1.165, 1.54) is 17.4 Å². The topological polar surface area (TPSA) is 91.6 Å². The molecule has 3 aromatic rings. The average molecular weight is 466 g/mol. The Morgan fingerprint density at radius 2 is 1.88 bits per heavy atom. The minimum Gasteiger partial charge on any atom is -0.368 e. The molecule has 8 nitrogen and oxygen atoms in total. The first-order valence-corrected chi connectivity index (χ1v) is 11.9. The Balaban J connectivity index is 1.23. The summed E-state index contributed by atoms with van der Waals surface area (Å²) in [7, 11) is 0. The van der Waals surface area contributed by atoms with Crippen LogP contribution in [0.25, 0.3) is 0 Å². The van der Waals surface area contributed by atoms with Crippen molar-refractivity contribution in [1.29, 1.82) is 0 Å². The van der Waals surface area contributed by atoms with Crippen molar-refractivity contribution in [3.63, 3.8) is 0 Å². The molecular formula is C24H27N5O3S. The van der Waals surface area contributed by atoms with E-state index in [0.717, 1.165) is 24.5 Å². The highest BCUT2D eigenvalue weighted by molar-refractivity contribution is 7.98. The van der Waals surface area contributed by atoms with Gasteiger partial charge in [-0.2, -0.15) is 0 Å². The summed E-state index contributed by atoms with van der Waals surface area (Å²) in [6.45, 7) is 5.12. The largest absolute Gasteiger partial charge is 0.368 e. The quantitative estimate of drug-likeness (QED) is 0.511. The van der Waals surface area contributed by atoms with Crippen molar-refractivity contribution in [2.75, 3.05) is 37.6 Å². The van der Waals surface area contributed by atoms with Gasteiger partial charge in [0.05, 0.1) is 11.3 Å². The zero-order valence-electron chi connectivity index (χ0n) is 18.6. The van der Waals surface area contributed by atoms with Gasteiger partial charge in [-0.3, -0.25) is 9.59 Å². The number of para-hydroxylation sites is 1. The number of anilines is 1. The normalized spacial score (nSPS) is 13.7. The number of aryl methyl sites for hydroxylation is 1. The molecule has 9 heteroatoms. The lowest BCUT2D eigenvalue weighted by molar-refractivity contribution is -0.131. The Bertz CT molecular complexity index is 1080. The fraction of sp³-hybridized carbons (Fsp3) is 0.333. The van der Waals surface area contributed by atoms with Crippen LogP contribution >= 0.6 is 11.8 Å². The lowest BCUT2D eigenvalue weighted by atomic mass is 10.2. The fourth-order valence-corrected chi connectivity index (χ4v) is 4.57. The van der Waals surface area contributed by atoms with E-state index in [2.05, 4.69) is 32.5 Å². The Labute approximate surface area is 197 Å². The van der Waals surface area contributed by atoms with Crippen molar-refractivity contribution in [3.05, 3.63) is 71.7 Å². The molecule has 0 spiro atoms. The minimum absolute atomic E-state index is 0.0604. The van der Waals surface area contributed by atoms with Gasteiger partial charge in [0.25, 0.3) is 5.91 Å². The summed E-state index contributed by atoms with van der Waals surface area (Å²) in [4.78, 5) is 33.8. The first-order valence-electron chi connectivity index (χ1n) is 11.0. The number of carbonyl (C=O) groups is 2. The van der Waals surface area contributed by atoms with E-state index in [9.17, 15) is 9.59 Å². The van der Waals surface area contributed by atoms with Crippen LogP contribution in [0.1, 0.15) is 28.2 Å². The molecule has 1 N–H and O–H groups in total. The van der Waals surface area contributed by atoms with Gasteiger partial charge >= 0.3 is 0 Å². The second kappa shape index (κ2) is 11.0. The third-order valence-corrected chi connectivity index (χ3v) is 6.47. The highest BCUT2D eigenvalue weighted by Gasteiger charge is 2.21. The number of thioether (sulfide) groups is 1. The number of piperazine rings is 1. The number of hydrogen-bond acceptors (Lipinski definition) is 7. The van der Waals surface area contributed by atoms with E-state index in [4.69, 9.17) is 4.52 Å². The smallest absolute Gasteiger partial charge is 0.254 e. The van der Waals surface area contributed by atoms with Crippen LogP contribution < -0.4 is 10.2 Å². The molecule has 0 atom stereocenters. The molecule has 1 saturated heterocycles. The highest BCUT2D eigenvalue weighted by Crippen LogP contribution is 2.24. The standard InChI is InChI=1S/C24H27N5O3S/c1-18-16-19(27-32-18)17-33-24-21(8-5-10-26-24)23(31)25-11-9-22(30)29-14-12-28(13-15-29)20-6-3-2-4-7-20/h2-8,10,16H,9,11-15,17H2,1H3,(H,25,31). The predicted molar refractivity (Wildman–Crippen MR) is 127 cm³/mol. The van der Waals surface area contributed by atoms with Crippen LogP contribution in [0, 0.1) is 6.92 Å². The van der Waals surface area contributed by atoms with Gasteiger partial charge in [-0.25, -0.2) is 4.98 Å². The summed E-state index contributed by atoms with van der Waals surface area (Å²) in [6.07, 6.45) is 1.93. The Hall–Kier alpha value is -3.33. The molecule has 0 radical (unpaired) electrons. The monoisotopic (exact) mass is 465 g/mol. The van der Waals surface area contributed by atoms with Gasteiger partial charge in [0, 0.05) is 62.8 Å². The number of pyridine rings is 1. The van der Waals surface area contributed by atoms with E-state index >= 15 is 0 Å². The van der Waals surface area contributed by atoms with Gasteiger partial charge in [-0.1, -0.05) is 35.1 Å². The molecule has 0 unspecified atom stereocenters. The van der Waals surface area contributed by atoms with E-state index in [1.54, 1.807) is 18.3 Å². The van der Waals surface area contributed by atoms with Crippen LogP contribution in [0.4, 0.5) is 5.69 Å². The average Bonchev–Trinajstić information content (AvgIpc) is 3.28. The predicted octanol–water partition coefficient (Wildman–Crippen LogP) is 3.14. The number of carbonyl (C=O) groups excluding carboxylic acids is 2. The molecule has 172 valence electrons. The Morgan fingerprint density at radius 1 is 1.09 bits per heavy atom. The first kappa shape index (κ1) is 22.8. The highest BCUT2D eigenvalue weighted by atomic mass is 32.2. The molecular weight excluding hydrogens is 438 g/mol. The number of hydrogen-bond donors (Lipinski definition) is 1. The van der Waals surface area contributed by atoms with Crippen molar-refractivity contribution in [2.45, 2.75) is 24.1 Å². The van der Waals surface area contributed by atoms with Crippen molar-refractivity contribution < 1.29 is 14.1 Å². The Kier molecular flexibility index (Phi) is 7.62. The molecule has 2 amide bonds. The van der Waals surface area contributed by atoms with Crippen LogP contribution in [0.3, 0.4) is 0 Å². The number of nitrogens with one attached hydrogen (secondary N) is 1. The van der Waals surface area contributed by atoms with Crippen molar-refractivity contribution >= 4 is 29.3 Å². The van der Waals surface area contributed by atoms with Crippen LogP contribution in [0.5, 0.6) is 0 Å². The van der Waals surface area contributed by atoms with Crippen LogP contribution in [0.2, 0.25) is 0 Å². The number of rotatable bonds is 8. The molecule has 2 aromatic heterocycles. The summed E-state index contributed by atoms with van der Waals surface area (Å²) in [5.74, 6) is 1.13. The summed E-state index contributed by atoms with van der Waals surface area (Å²) in [6, 6.07) is 15.6. The van der Waals surface area contributed by atoms with Crippen LogP contribution in [-0.4, -0.2) is 59.6 Å². The maximum atomic E-state index is 12.7. The summed E-state index contributed by atoms with van der Waals surface area (Å²) >= 11 is 1.43. The third kappa shape index (κ3) is 6.13. The maximum Gasteiger partial charge on any atom is 0.254 e. The molecule has 1 fully saturated rings. The third-order valence-electron chi connectivity index (χ3n) is 5.43. The first-order chi connectivity index (χ1) is 16.1. The second-order valence-electron chi connectivity index (χ2n) is 7.78. The lowest BCUT2D eigenvalue weighted by Gasteiger charge is -2.36. The molecule has 1 aliphatic heterocycles. The number of aromatic nitrogens is 2. The van der Waals surface area contributed by atoms with Gasteiger partial charge in [0.15, 0.2) is 0 Å². The SMILES string of the molecule is Cc1cc(CSc2ncccc2C(=O)NCCC(=O)N2CCN(c3ccccc3)CC2)no1. The number of amides is 2. The van der Waals surface area contributed by atoms with Gasteiger partial charge in [0.2, 0.25) is 5.91 Å².